The highest BCUT2D eigenvalue weighted by Gasteiger charge is 2.09. The van der Waals surface area contributed by atoms with Crippen LogP contribution in [0, 0.1) is 13.8 Å². The van der Waals surface area contributed by atoms with Gasteiger partial charge in [-0.25, -0.2) is 9.97 Å². The first-order valence-electron chi connectivity index (χ1n) is 6.20. The van der Waals surface area contributed by atoms with Crippen molar-refractivity contribution >= 4 is 27.4 Å². The van der Waals surface area contributed by atoms with E-state index in [1.165, 1.54) is 16.0 Å². The van der Waals surface area contributed by atoms with Gasteiger partial charge < -0.3 is 5.73 Å². The van der Waals surface area contributed by atoms with Crippen molar-refractivity contribution in [2.45, 2.75) is 20.3 Å². The standard InChI is InChI=1S/C15H15N3S/c1-9-5-3-4-6-11(9)8-13-17-14(16)12-7-10(2)19-15(12)18-13/h3-7H,8H2,1-2H3,(H2,16,17,18). The maximum absolute atomic E-state index is 6.02. The maximum Gasteiger partial charge on any atom is 0.136 e. The Kier molecular flexibility index (Phi) is 2.95. The molecule has 0 saturated heterocycles. The Labute approximate surface area is 116 Å². The number of nitrogen functional groups attached to an aromatic ring is 1. The molecule has 0 aliphatic carbocycles. The molecule has 0 atom stereocenters. The lowest BCUT2D eigenvalue weighted by Gasteiger charge is -2.05. The fourth-order valence-electron chi connectivity index (χ4n) is 2.17. The van der Waals surface area contributed by atoms with Gasteiger partial charge in [0.25, 0.3) is 0 Å². The first-order valence-corrected chi connectivity index (χ1v) is 7.02. The van der Waals surface area contributed by atoms with Crippen LogP contribution in [0.5, 0.6) is 0 Å². The van der Waals surface area contributed by atoms with Gasteiger partial charge in [-0.05, 0) is 31.0 Å². The number of aromatic nitrogens is 2. The topological polar surface area (TPSA) is 51.8 Å². The van der Waals surface area contributed by atoms with Gasteiger partial charge in [0.1, 0.15) is 16.5 Å². The lowest BCUT2D eigenvalue weighted by atomic mass is 10.1. The van der Waals surface area contributed by atoms with Gasteiger partial charge in [-0.15, -0.1) is 11.3 Å². The Balaban J connectivity index is 2.04. The van der Waals surface area contributed by atoms with Gasteiger partial charge in [0.05, 0.1) is 5.39 Å². The van der Waals surface area contributed by atoms with Crippen molar-refractivity contribution in [1.82, 2.24) is 9.97 Å². The van der Waals surface area contributed by atoms with Crippen molar-refractivity contribution < 1.29 is 0 Å². The normalized spacial score (nSPS) is 11.1. The molecular formula is C15H15N3S. The number of thiophene rings is 1. The summed E-state index contributed by atoms with van der Waals surface area (Å²) in [6.07, 6.45) is 0.726. The predicted molar refractivity (Wildman–Crippen MR) is 80.5 cm³/mol. The molecule has 3 nitrogen and oxygen atoms in total. The molecule has 3 aromatic rings. The van der Waals surface area contributed by atoms with E-state index in [9.17, 15) is 0 Å². The predicted octanol–water partition coefficient (Wildman–Crippen LogP) is 3.48. The Bertz CT molecular complexity index is 746. The molecule has 96 valence electrons. The fourth-order valence-corrected chi connectivity index (χ4v) is 3.07. The van der Waals surface area contributed by atoms with Crippen LogP contribution < -0.4 is 5.73 Å². The summed E-state index contributed by atoms with van der Waals surface area (Å²) in [4.78, 5) is 11.2. The molecule has 0 amide bonds. The van der Waals surface area contributed by atoms with E-state index in [4.69, 9.17) is 5.73 Å². The summed E-state index contributed by atoms with van der Waals surface area (Å²) in [5.74, 6) is 1.37. The highest BCUT2D eigenvalue weighted by atomic mass is 32.1. The summed E-state index contributed by atoms with van der Waals surface area (Å²) in [6.45, 7) is 4.17. The van der Waals surface area contributed by atoms with E-state index >= 15 is 0 Å². The third-order valence-electron chi connectivity index (χ3n) is 3.20. The first-order chi connectivity index (χ1) is 9.13. The molecule has 1 aromatic carbocycles. The number of fused-ring (bicyclic) bond motifs is 1. The van der Waals surface area contributed by atoms with Crippen LogP contribution in [0.3, 0.4) is 0 Å². The molecule has 2 aromatic heterocycles. The number of nitrogens with zero attached hydrogens (tertiary/aromatic N) is 2. The summed E-state index contributed by atoms with van der Waals surface area (Å²) in [6, 6.07) is 10.3. The highest BCUT2D eigenvalue weighted by Crippen LogP contribution is 2.27. The lowest BCUT2D eigenvalue weighted by Crippen LogP contribution is -2.01. The van der Waals surface area contributed by atoms with Gasteiger partial charge in [0.15, 0.2) is 0 Å². The Morgan fingerprint density at radius 2 is 1.95 bits per heavy atom. The van der Waals surface area contributed by atoms with Gasteiger partial charge in [-0.2, -0.15) is 0 Å². The van der Waals surface area contributed by atoms with Crippen LogP contribution >= 0.6 is 11.3 Å². The summed E-state index contributed by atoms with van der Waals surface area (Å²) in [7, 11) is 0. The van der Waals surface area contributed by atoms with Crippen LogP contribution in [0.25, 0.3) is 10.2 Å². The summed E-state index contributed by atoms with van der Waals surface area (Å²) < 4.78 is 0. The number of rotatable bonds is 2. The van der Waals surface area contributed by atoms with Crippen LogP contribution in [0.2, 0.25) is 0 Å². The lowest BCUT2D eigenvalue weighted by molar-refractivity contribution is 0.992. The van der Waals surface area contributed by atoms with Gasteiger partial charge >= 0.3 is 0 Å². The largest absolute Gasteiger partial charge is 0.383 e. The molecule has 0 fully saturated rings. The van der Waals surface area contributed by atoms with Gasteiger partial charge in [-0.1, -0.05) is 24.3 Å². The molecule has 0 saturated carbocycles. The maximum atomic E-state index is 6.02. The van der Waals surface area contributed by atoms with E-state index in [2.05, 4.69) is 35.9 Å². The molecule has 0 bridgehead atoms. The molecule has 2 heterocycles. The third-order valence-corrected chi connectivity index (χ3v) is 4.15. The zero-order valence-electron chi connectivity index (χ0n) is 11.0. The average Bonchev–Trinajstić information content (AvgIpc) is 2.73. The first kappa shape index (κ1) is 12.1. The second-order valence-corrected chi connectivity index (χ2v) is 5.94. The number of hydrogen-bond donors (Lipinski definition) is 1. The van der Waals surface area contributed by atoms with E-state index in [0.29, 0.717) is 5.82 Å². The van der Waals surface area contributed by atoms with Crippen molar-refractivity contribution in [3.8, 4) is 0 Å². The molecule has 4 heteroatoms. The van der Waals surface area contributed by atoms with Crippen LogP contribution in [0.1, 0.15) is 21.8 Å². The van der Waals surface area contributed by atoms with E-state index in [-0.39, 0.29) is 0 Å². The Morgan fingerprint density at radius 1 is 1.16 bits per heavy atom. The molecule has 0 unspecified atom stereocenters. The SMILES string of the molecule is Cc1cc2c(N)nc(Cc3ccccc3C)nc2s1. The molecular weight excluding hydrogens is 254 g/mol. The van der Waals surface area contributed by atoms with Gasteiger partial charge in [0, 0.05) is 11.3 Å². The molecule has 3 rings (SSSR count). The van der Waals surface area contributed by atoms with Crippen molar-refractivity contribution in [3.05, 3.63) is 52.2 Å². The second kappa shape index (κ2) is 4.63. The van der Waals surface area contributed by atoms with Crippen molar-refractivity contribution in [1.29, 1.82) is 0 Å². The minimum absolute atomic E-state index is 0.581. The minimum Gasteiger partial charge on any atom is -0.383 e. The van der Waals surface area contributed by atoms with Crippen molar-refractivity contribution in [3.63, 3.8) is 0 Å². The van der Waals surface area contributed by atoms with E-state index < -0.39 is 0 Å². The second-order valence-electron chi connectivity index (χ2n) is 4.70. The molecule has 0 aliphatic rings. The average molecular weight is 269 g/mol. The minimum atomic E-state index is 0.581. The number of aryl methyl sites for hydroxylation is 2. The molecule has 19 heavy (non-hydrogen) atoms. The van der Waals surface area contributed by atoms with E-state index in [0.717, 1.165) is 22.5 Å². The Morgan fingerprint density at radius 3 is 2.74 bits per heavy atom. The number of anilines is 1. The van der Waals surface area contributed by atoms with Gasteiger partial charge in [0.2, 0.25) is 0 Å². The van der Waals surface area contributed by atoms with Gasteiger partial charge in [-0.3, -0.25) is 0 Å². The zero-order chi connectivity index (χ0) is 13.4. The molecule has 2 N–H and O–H groups in total. The monoisotopic (exact) mass is 269 g/mol. The number of nitrogens with two attached hydrogens (primary N) is 1. The molecule has 0 radical (unpaired) electrons. The third kappa shape index (κ3) is 2.31. The van der Waals surface area contributed by atoms with Crippen molar-refractivity contribution in [2.24, 2.45) is 0 Å². The van der Waals surface area contributed by atoms with E-state index in [1.807, 2.05) is 18.2 Å². The number of benzene rings is 1. The van der Waals surface area contributed by atoms with Crippen LogP contribution in [-0.4, -0.2) is 9.97 Å². The molecule has 0 spiro atoms. The fraction of sp³-hybridized carbons (Fsp3) is 0.200. The Hall–Kier alpha value is -1.94. The summed E-state index contributed by atoms with van der Waals surface area (Å²) in [5.41, 5.74) is 8.52. The smallest absolute Gasteiger partial charge is 0.136 e. The molecule has 0 aliphatic heterocycles. The van der Waals surface area contributed by atoms with Crippen LogP contribution in [0.4, 0.5) is 5.82 Å². The van der Waals surface area contributed by atoms with E-state index in [1.54, 1.807) is 11.3 Å². The summed E-state index contributed by atoms with van der Waals surface area (Å²) >= 11 is 1.66. The zero-order valence-corrected chi connectivity index (χ0v) is 11.8. The highest BCUT2D eigenvalue weighted by molar-refractivity contribution is 7.18. The quantitative estimate of drug-likeness (QED) is 0.775. The van der Waals surface area contributed by atoms with Crippen LogP contribution in [-0.2, 0) is 6.42 Å². The van der Waals surface area contributed by atoms with Crippen molar-refractivity contribution in [2.75, 3.05) is 5.73 Å². The number of hydrogen-bond acceptors (Lipinski definition) is 4. The van der Waals surface area contributed by atoms with Crippen LogP contribution in [0.15, 0.2) is 30.3 Å². The summed E-state index contributed by atoms with van der Waals surface area (Å²) in [5, 5.41) is 0.969.